The van der Waals surface area contributed by atoms with E-state index in [-0.39, 0.29) is 36.3 Å². The third-order valence-electron chi connectivity index (χ3n) is 3.21. The number of hydrogen-bond donors (Lipinski definition) is 1. The van der Waals surface area contributed by atoms with Crippen molar-refractivity contribution >= 4 is 11.8 Å². The molecule has 1 saturated heterocycles. The van der Waals surface area contributed by atoms with Crippen molar-refractivity contribution < 1.29 is 18.4 Å². The van der Waals surface area contributed by atoms with Crippen molar-refractivity contribution in [3.05, 3.63) is 35.4 Å². The summed E-state index contributed by atoms with van der Waals surface area (Å²) >= 11 is 0. The zero-order chi connectivity index (χ0) is 14.2. The van der Waals surface area contributed by atoms with Crippen LogP contribution in [0.25, 0.3) is 0 Å². The molecule has 1 aromatic rings. The lowest BCUT2D eigenvalue weighted by molar-refractivity contribution is -0.139. The maximum absolute atomic E-state index is 13.5. The first kappa shape index (κ1) is 13.6. The number of likely N-dealkylation sites (tertiary alicyclic amines) is 1. The van der Waals surface area contributed by atoms with Crippen LogP contribution in [0.4, 0.5) is 8.78 Å². The van der Waals surface area contributed by atoms with Gasteiger partial charge in [0.25, 0.3) is 0 Å². The summed E-state index contributed by atoms with van der Waals surface area (Å²) in [4.78, 5) is 24.4. The van der Waals surface area contributed by atoms with Gasteiger partial charge in [0.2, 0.25) is 11.8 Å². The molecule has 2 unspecified atom stereocenters. The molecule has 1 aromatic carbocycles. The molecule has 0 aliphatic carbocycles. The van der Waals surface area contributed by atoms with Gasteiger partial charge in [-0.3, -0.25) is 14.5 Å². The number of nitrogens with two attached hydrogens (primary N) is 1. The van der Waals surface area contributed by atoms with Crippen LogP contribution in [0.3, 0.4) is 0 Å². The summed E-state index contributed by atoms with van der Waals surface area (Å²) in [5.74, 6) is -2.45. The van der Waals surface area contributed by atoms with Crippen molar-refractivity contribution in [1.82, 2.24) is 4.90 Å². The van der Waals surface area contributed by atoms with Crippen LogP contribution in [-0.2, 0) is 9.59 Å². The molecule has 6 heteroatoms. The van der Waals surface area contributed by atoms with E-state index in [1.54, 1.807) is 6.92 Å². The van der Waals surface area contributed by atoms with Gasteiger partial charge in [-0.05, 0) is 6.07 Å². The molecule has 1 aliphatic rings. The first-order valence-corrected chi connectivity index (χ1v) is 5.95. The van der Waals surface area contributed by atoms with Crippen molar-refractivity contribution in [2.45, 2.75) is 19.4 Å². The van der Waals surface area contributed by atoms with Gasteiger partial charge in [0.05, 0.1) is 6.04 Å². The minimum Gasteiger partial charge on any atom is -0.322 e. The summed E-state index contributed by atoms with van der Waals surface area (Å²) in [5.41, 5.74) is 5.87. The van der Waals surface area contributed by atoms with E-state index in [1.165, 1.54) is 6.07 Å². The number of nitrogens with zero attached hydrogens (tertiary/aromatic N) is 1. The highest BCUT2D eigenvalue weighted by Gasteiger charge is 2.36. The second-order valence-electron chi connectivity index (χ2n) is 4.72. The van der Waals surface area contributed by atoms with Gasteiger partial charge >= 0.3 is 0 Å². The molecule has 1 heterocycles. The Morgan fingerprint density at radius 3 is 2.63 bits per heavy atom. The fourth-order valence-corrected chi connectivity index (χ4v) is 2.14. The van der Waals surface area contributed by atoms with Crippen LogP contribution >= 0.6 is 0 Å². The normalized spacial score (nSPS) is 21.1. The molecule has 1 aliphatic heterocycles. The molecule has 0 aromatic heterocycles. The molecule has 0 spiro atoms. The lowest BCUT2D eigenvalue weighted by Crippen LogP contribution is -2.37. The number of halogens is 2. The van der Waals surface area contributed by atoms with E-state index in [0.29, 0.717) is 0 Å². The van der Waals surface area contributed by atoms with Gasteiger partial charge in [-0.25, -0.2) is 8.78 Å². The minimum absolute atomic E-state index is 0.0848. The summed E-state index contributed by atoms with van der Waals surface area (Å²) in [6, 6.07) is 2.18. The SMILES string of the molecule is CC1CC(=O)N(CC(N)c2ccc(F)cc2F)C1=O. The molecule has 102 valence electrons. The van der Waals surface area contributed by atoms with Gasteiger partial charge in [0.15, 0.2) is 0 Å². The Kier molecular flexibility index (Phi) is 3.61. The highest BCUT2D eigenvalue weighted by Crippen LogP contribution is 2.23. The Labute approximate surface area is 109 Å². The third kappa shape index (κ3) is 2.63. The van der Waals surface area contributed by atoms with Crippen LogP contribution in [0.2, 0.25) is 0 Å². The van der Waals surface area contributed by atoms with Crippen LogP contribution in [0, 0.1) is 17.6 Å². The summed E-state index contributed by atoms with van der Waals surface area (Å²) < 4.78 is 26.3. The summed E-state index contributed by atoms with van der Waals surface area (Å²) in [7, 11) is 0. The highest BCUT2D eigenvalue weighted by atomic mass is 19.1. The van der Waals surface area contributed by atoms with Crippen LogP contribution in [0.5, 0.6) is 0 Å². The Morgan fingerprint density at radius 2 is 2.11 bits per heavy atom. The molecule has 2 rings (SSSR count). The van der Waals surface area contributed by atoms with E-state index < -0.39 is 17.7 Å². The van der Waals surface area contributed by atoms with Crippen LogP contribution in [0.15, 0.2) is 18.2 Å². The molecule has 19 heavy (non-hydrogen) atoms. The van der Waals surface area contributed by atoms with Gasteiger partial charge in [-0.1, -0.05) is 13.0 Å². The maximum atomic E-state index is 13.5. The Balaban J connectivity index is 2.15. The van der Waals surface area contributed by atoms with Crippen LogP contribution in [-0.4, -0.2) is 23.3 Å². The van der Waals surface area contributed by atoms with E-state index in [9.17, 15) is 18.4 Å². The molecule has 4 nitrogen and oxygen atoms in total. The second kappa shape index (κ2) is 5.05. The standard InChI is InChI=1S/C13H14F2N2O2/c1-7-4-12(18)17(13(7)19)6-11(16)9-3-2-8(14)5-10(9)15/h2-3,5,7,11H,4,6,16H2,1H3. The molecule has 0 radical (unpaired) electrons. The van der Waals surface area contributed by atoms with Gasteiger partial charge in [-0.15, -0.1) is 0 Å². The number of imide groups is 1. The fourth-order valence-electron chi connectivity index (χ4n) is 2.14. The monoisotopic (exact) mass is 268 g/mol. The average Bonchev–Trinajstić information content (AvgIpc) is 2.56. The number of amides is 2. The summed E-state index contributed by atoms with van der Waals surface area (Å²) in [6.45, 7) is 1.56. The zero-order valence-corrected chi connectivity index (χ0v) is 10.4. The maximum Gasteiger partial charge on any atom is 0.232 e. The Hall–Kier alpha value is -1.82. The van der Waals surface area contributed by atoms with Crippen LogP contribution in [0.1, 0.15) is 24.9 Å². The van der Waals surface area contributed by atoms with Crippen molar-refractivity contribution in [2.24, 2.45) is 11.7 Å². The predicted octanol–water partition coefficient (Wildman–Crippen LogP) is 1.36. The van der Waals surface area contributed by atoms with Gasteiger partial charge < -0.3 is 5.73 Å². The molecule has 2 amide bonds. The zero-order valence-electron chi connectivity index (χ0n) is 10.4. The first-order valence-electron chi connectivity index (χ1n) is 5.95. The van der Waals surface area contributed by atoms with E-state index in [1.807, 2.05) is 0 Å². The average molecular weight is 268 g/mol. The topological polar surface area (TPSA) is 63.4 Å². The number of hydrogen-bond acceptors (Lipinski definition) is 3. The molecule has 2 N–H and O–H groups in total. The van der Waals surface area contributed by atoms with E-state index >= 15 is 0 Å². The second-order valence-corrected chi connectivity index (χ2v) is 4.72. The summed E-state index contributed by atoms with van der Waals surface area (Å²) in [6.07, 6.45) is 0.150. The Bertz CT molecular complexity index is 533. The number of rotatable bonds is 3. The predicted molar refractivity (Wildman–Crippen MR) is 63.8 cm³/mol. The van der Waals surface area contributed by atoms with Crippen molar-refractivity contribution in [1.29, 1.82) is 0 Å². The van der Waals surface area contributed by atoms with E-state index in [0.717, 1.165) is 17.0 Å². The largest absolute Gasteiger partial charge is 0.322 e. The van der Waals surface area contributed by atoms with Gasteiger partial charge in [0, 0.05) is 30.5 Å². The molecule has 2 atom stereocenters. The van der Waals surface area contributed by atoms with E-state index in [4.69, 9.17) is 5.73 Å². The van der Waals surface area contributed by atoms with Gasteiger partial charge in [0.1, 0.15) is 11.6 Å². The van der Waals surface area contributed by atoms with Crippen molar-refractivity contribution in [3.63, 3.8) is 0 Å². The quantitative estimate of drug-likeness (QED) is 0.842. The number of benzene rings is 1. The molecule has 1 fully saturated rings. The van der Waals surface area contributed by atoms with E-state index in [2.05, 4.69) is 0 Å². The molecular weight excluding hydrogens is 254 g/mol. The minimum atomic E-state index is -0.862. The van der Waals surface area contributed by atoms with Crippen molar-refractivity contribution in [3.8, 4) is 0 Å². The molecule has 0 bridgehead atoms. The van der Waals surface area contributed by atoms with Crippen LogP contribution < -0.4 is 5.73 Å². The third-order valence-corrected chi connectivity index (χ3v) is 3.21. The Morgan fingerprint density at radius 1 is 1.42 bits per heavy atom. The smallest absolute Gasteiger partial charge is 0.232 e. The first-order chi connectivity index (χ1) is 8.90. The fraction of sp³-hybridized carbons (Fsp3) is 0.385. The number of carbonyl (C=O) groups is 2. The lowest BCUT2D eigenvalue weighted by Gasteiger charge is -2.20. The molecular formula is C13H14F2N2O2. The van der Waals surface area contributed by atoms with Crippen molar-refractivity contribution in [2.75, 3.05) is 6.54 Å². The molecule has 0 saturated carbocycles. The number of carbonyl (C=O) groups excluding carboxylic acids is 2. The van der Waals surface area contributed by atoms with Gasteiger partial charge in [-0.2, -0.15) is 0 Å². The summed E-state index contributed by atoms with van der Waals surface area (Å²) in [5, 5.41) is 0. The lowest BCUT2D eigenvalue weighted by atomic mass is 10.1. The highest BCUT2D eigenvalue weighted by molar-refractivity contribution is 6.03.